The van der Waals surface area contributed by atoms with E-state index in [-0.39, 0.29) is 29.5 Å². The molecule has 2 aromatic rings. The molecule has 2 rings (SSSR count). The van der Waals surface area contributed by atoms with E-state index in [2.05, 4.69) is 20.5 Å². The minimum Gasteiger partial charge on any atom is -0.463 e. The van der Waals surface area contributed by atoms with Gasteiger partial charge in [-0.1, -0.05) is 11.6 Å². The van der Waals surface area contributed by atoms with Crippen molar-refractivity contribution in [3.63, 3.8) is 0 Å². The molecule has 0 saturated heterocycles. The van der Waals surface area contributed by atoms with E-state index in [1.165, 1.54) is 12.1 Å². The Labute approximate surface area is 125 Å². The van der Waals surface area contributed by atoms with E-state index >= 15 is 0 Å². The molecule has 0 amide bonds. The first-order valence-corrected chi connectivity index (χ1v) is 6.76. The van der Waals surface area contributed by atoms with Gasteiger partial charge < -0.3 is 10.1 Å². The molecule has 0 aliphatic carbocycles. The topological polar surface area (TPSA) is 77.0 Å². The van der Waals surface area contributed by atoms with Gasteiger partial charge in [-0.05, 0) is 19.9 Å². The van der Waals surface area contributed by atoms with Gasteiger partial charge in [0.1, 0.15) is 11.3 Å². The second-order valence-corrected chi connectivity index (χ2v) is 5.01. The molecular weight excluding hydrogens is 299 g/mol. The number of esters is 1. The summed E-state index contributed by atoms with van der Waals surface area (Å²) in [6, 6.07) is 2.54. The Bertz CT molecular complexity index is 666. The average Bonchev–Trinajstić information content (AvgIpc) is 2.39. The number of hydrogen-bond acceptors (Lipinski definition) is 6. The zero-order valence-electron chi connectivity index (χ0n) is 11.6. The lowest BCUT2D eigenvalue weighted by Crippen LogP contribution is -2.16. The smallest absolute Gasteiger partial charge is 0.307 e. The van der Waals surface area contributed by atoms with Gasteiger partial charge in [-0.3, -0.25) is 4.79 Å². The van der Waals surface area contributed by atoms with Crippen LogP contribution in [0.5, 0.6) is 0 Å². The first-order valence-electron chi connectivity index (χ1n) is 6.38. The third kappa shape index (κ3) is 4.22. The van der Waals surface area contributed by atoms with Gasteiger partial charge in [0.2, 0.25) is 5.95 Å². The SMILES string of the molecule is CC(C)OC(=O)CCNc1nnc2cc(F)c(Cl)cc2n1. The van der Waals surface area contributed by atoms with Crippen molar-refractivity contribution in [1.82, 2.24) is 15.2 Å². The van der Waals surface area contributed by atoms with Gasteiger partial charge in [-0.2, -0.15) is 0 Å². The van der Waals surface area contributed by atoms with Crippen LogP contribution in [0.4, 0.5) is 10.3 Å². The quantitative estimate of drug-likeness (QED) is 0.855. The van der Waals surface area contributed by atoms with E-state index in [1.54, 1.807) is 13.8 Å². The van der Waals surface area contributed by atoms with Crippen molar-refractivity contribution < 1.29 is 13.9 Å². The molecule has 0 unspecified atom stereocenters. The van der Waals surface area contributed by atoms with Crippen LogP contribution >= 0.6 is 11.6 Å². The van der Waals surface area contributed by atoms with E-state index in [0.29, 0.717) is 17.6 Å². The third-order valence-electron chi connectivity index (χ3n) is 2.48. The van der Waals surface area contributed by atoms with Gasteiger partial charge in [0.05, 0.1) is 23.1 Å². The molecule has 8 heteroatoms. The Morgan fingerprint density at radius 1 is 1.38 bits per heavy atom. The van der Waals surface area contributed by atoms with Gasteiger partial charge in [0.25, 0.3) is 0 Å². The van der Waals surface area contributed by atoms with E-state index in [1.807, 2.05) is 0 Å². The van der Waals surface area contributed by atoms with Crippen molar-refractivity contribution in [3.05, 3.63) is 23.0 Å². The summed E-state index contributed by atoms with van der Waals surface area (Å²) in [5, 5.41) is 10.5. The number of ether oxygens (including phenoxy) is 1. The highest BCUT2D eigenvalue weighted by molar-refractivity contribution is 6.31. The summed E-state index contributed by atoms with van der Waals surface area (Å²) < 4.78 is 18.2. The molecule has 1 heterocycles. The lowest BCUT2D eigenvalue weighted by Gasteiger charge is -2.08. The number of fused-ring (bicyclic) bond motifs is 1. The highest BCUT2D eigenvalue weighted by atomic mass is 35.5. The van der Waals surface area contributed by atoms with Crippen LogP contribution < -0.4 is 5.32 Å². The number of carbonyl (C=O) groups is 1. The zero-order valence-corrected chi connectivity index (χ0v) is 12.3. The summed E-state index contributed by atoms with van der Waals surface area (Å²) in [5.74, 6) is -0.642. The summed E-state index contributed by atoms with van der Waals surface area (Å²) >= 11 is 5.69. The van der Waals surface area contributed by atoms with E-state index in [4.69, 9.17) is 16.3 Å². The predicted octanol–water partition coefficient (Wildman–Crippen LogP) is 2.57. The Balaban J connectivity index is 2.00. The molecule has 0 aliphatic rings. The highest BCUT2D eigenvalue weighted by Gasteiger charge is 2.08. The van der Waals surface area contributed by atoms with Gasteiger partial charge in [-0.25, -0.2) is 9.37 Å². The molecule has 21 heavy (non-hydrogen) atoms. The van der Waals surface area contributed by atoms with Crippen molar-refractivity contribution in [2.75, 3.05) is 11.9 Å². The fraction of sp³-hybridized carbons (Fsp3) is 0.385. The summed E-state index contributed by atoms with van der Waals surface area (Å²) in [4.78, 5) is 15.5. The number of nitrogens with one attached hydrogen (secondary N) is 1. The van der Waals surface area contributed by atoms with Crippen LogP contribution in [0.15, 0.2) is 12.1 Å². The number of hydrogen-bond donors (Lipinski definition) is 1. The van der Waals surface area contributed by atoms with E-state index < -0.39 is 5.82 Å². The Kier molecular flexibility index (Phi) is 4.85. The molecule has 0 bridgehead atoms. The number of carbonyl (C=O) groups excluding carboxylic acids is 1. The average molecular weight is 313 g/mol. The Morgan fingerprint density at radius 2 is 2.14 bits per heavy atom. The molecule has 0 saturated carbocycles. The standard InChI is InChI=1S/C13H14ClFN4O2/c1-7(2)21-12(20)3-4-16-13-17-10-5-8(14)9(15)6-11(10)18-19-13/h5-7H,3-4H2,1-2H3,(H,16,17,19). The molecule has 0 fully saturated rings. The van der Waals surface area contributed by atoms with Crippen LogP contribution in [0.25, 0.3) is 11.0 Å². The number of halogens is 2. The molecule has 112 valence electrons. The van der Waals surface area contributed by atoms with Crippen molar-refractivity contribution in [1.29, 1.82) is 0 Å². The van der Waals surface area contributed by atoms with Crippen molar-refractivity contribution in [2.45, 2.75) is 26.4 Å². The molecule has 1 aromatic heterocycles. The van der Waals surface area contributed by atoms with E-state index in [9.17, 15) is 9.18 Å². The molecule has 0 aliphatic heterocycles. The largest absolute Gasteiger partial charge is 0.463 e. The number of rotatable bonds is 5. The number of nitrogens with zero attached hydrogens (tertiary/aromatic N) is 3. The molecule has 0 radical (unpaired) electrons. The minimum absolute atomic E-state index is 0.0329. The van der Waals surface area contributed by atoms with Gasteiger partial charge >= 0.3 is 5.97 Å². The summed E-state index contributed by atoms with van der Waals surface area (Å²) in [5.41, 5.74) is 0.727. The minimum atomic E-state index is -0.572. The van der Waals surface area contributed by atoms with Crippen LogP contribution in [0.2, 0.25) is 5.02 Å². The summed E-state index contributed by atoms with van der Waals surface area (Å²) in [6.07, 6.45) is 0.0390. The first-order chi connectivity index (χ1) is 9.95. The number of anilines is 1. The fourth-order valence-corrected chi connectivity index (χ4v) is 1.76. The number of benzene rings is 1. The molecule has 0 atom stereocenters. The normalized spacial score (nSPS) is 10.9. The van der Waals surface area contributed by atoms with Crippen molar-refractivity contribution in [2.24, 2.45) is 0 Å². The highest BCUT2D eigenvalue weighted by Crippen LogP contribution is 2.20. The molecule has 1 aromatic carbocycles. The molecular formula is C13H14ClFN4O2. The monoisotopic (exact) mass is 312 g/mol. The zero-order chi connectivity index (χ0) is 15.4. The maximum absolute atomic E-state index is 13.3. The Morgan fingerprint density at radius 3 is 2.86 bits per heavy atom. The lowest BCUT2D eigenvalue weighted by atomic mass is 10.3. The van der Waals surface area contributed by atoms with Crippen molar-refractivity contribution in [3.8, 4) is 0 Å². The van der Waals surface area contributed by atoms with Crippen LogP contribution in [-0.2, 0) is 9.53 Å². The second-order valence-electron chi connectivity index (χ2n) is 4.61. The lowest BCUT2D eigenvalue weighted by molar-refractivity contribution is -0.147. The van der Waals surface area contributed by atoms with Gasteiger partial charge in [0.15, 0.2) is 0 Å². The van der Waals surface area contributed by atoms with Crippen LogP contribution in [-0.4, -0.2) is 33.8 Å². The molecule has 6 nitrogen and oxygen atoms in total. The van der Waals surface area contributed by atoms with Crippen LogP contribution in [0.3, 0.4) is 0 Å². The van der Waals surface area contributed by atoms with Gasteiger partial charge in [0, 0.05) is 12.6 Å². The third-order valence-corrected chi connectivity index (χ3v) is 2.77. The summed E-state index contributed by atoms with van der Waals surface area (Å²) in [6.45, 7) is 3.88. The predicted molar refractivity (Wildman–Crippen MR) is 76.6 cm³/mol. The first kappa shape index (κ1) is 15.4. The second kappa shape index (κ2) is 6.62. The fourth-order valence-electron chi connectivity index (χ4n) is 1.61. The van der Waals surface area contributed by atoms with E-state index in [0.717, 1.165) is 0 Å². The van der Waals surface area contributed by atoms with Crippen molar-refractivity contribution >= 4 is 34.6 Å². The van der Waals surface area contributed by atoms with Crippen LogP contribution in [0, 0.1) is 5.82 Å². The Hall–Kier alpha value is -2.02. The summed E-state index contributed by atoms with van der Waals surface area (Å²) in [7, 11) is 0. The maximum Gasteiger partial charge on any atom is 0.307 e. The number of aromatic nitrogens is 3. The van der Waals surface area contributed by atoms with Crippen LogP contribution in [0.1, 0.15) is 20.3 Å². The maximum atomic E-state index is 13.3. The van der Waals surface area contributed by atoms with Gasteiger partial charge in [-0.15, -0.1) is 10.2 Å². The molecule has 1 N–H and O–H groups in total. The molecule has 0 spiro atoms.